The predicted molar refractivity (Wildman–Crippen MR) is 50.0 cm³/mol. The molecule has 0 radical (unpaired) electrons. The molecule has 0 bridgehead atoms. The van der Waals surface area contributed by atoms with Gasteiger partial charge in [0.05, 0.1) is 5.56 Å². The van der Waals surface area contributed by atoms with Crippen molar-refractivity contribution in [3.63, 3.8) is 0 Å². The third-order valence-corrected chi connectivity index (χ3v) is 1.72. The topological polar surface area (TPSA) is 42.0 Å². The van der Waals surface area contributed by atoms with E-state index in [1.807, 2.05) is 6.92 Å². The van der Waals surface area contributed by atoms with E-state index < -0.39 is 0 Å². The molecule has 0 aliphatic heterocycles. The minimum absolute atomic E-state index is 0.0984. The van der Waals surface area contributed by atoms with Crippen LogP contribution in [-0.2, 0) is 0 Å². The zero-order valence-corrected chi connectivity index (χ0v) is 7.81. The summed E-state index contributed by atoms with van der Waals surface area (Å²) in [5.41, 5.74) is 1.59. The Kier molecular flexibility index (Phi) is 3.10. The summed E-state index contributed by atoms with van der Waals surface area (Å²) in [4.78, 5) is 15.1. The fraction of sp³-hybridized carbons (Fsp3) is 0.250. The van der Waals surface area contributed by atoms with Gasteiger partial charge in [-0.15, -0.1) is 0 Å². The molecule has 0 spiro atoms. The summed E-state index contributed by atoms with van der Waals surface area (Å²) in [6, 6.07) is 1.80. The maximum Gasteiger partial charge on any atom is 0.262 e. The second-order valence-electron chi connectivity index (χ2n) is 2.39. The first-order chi connectivity index (χ1) is 5.74. The molecule has 0 fully saturated rings. The molecule has 0 aromatic carbocycles. The maximum atomic E-state index is 11.2. The predicted octanol–water partition coefficient (Wildman–Crippen LogP) is 1.40. The number of aryl methyl sites for hydroxylation is 1. The second kappa shape index (κ2) is 4.11. The lowest BCUT2D eigenvalue weighted by Gasteiger charge is -2.00. The highest BCUT2D eigenvalue weighted by molar-refractivity contribution is 7.97. The standard InChI is InChI=1S/C8H10N2OS/c1-6-3-7(5-9-4-6)8(11)10-12-2/h3-5H,1-2H3,(H,10,11). The van der Waals surface area contributed by atoms with Crippen LogP contribution < -0.4 is 4.72 Å². The van der Waals surface area contributed by atoms with Crippen LogP contribution in [0, 0.1) is 6.92 Å². The third-order valence-electron chi connectivity index (χ3n) is 1.33. The van der Waals surface area contributed by atoms with Crippen LogP contribution in [0.2, 0.25) is 0 Å². The molecule has 64 valence electrons. The van der Waals surface area contributed by atoms with E-state index in [4.69, 9.17) is 0 Å². The van der Waals surface area contributed by atoms with Gasteiger partial charge in [0.1, 0.15) is 0 Å². The Morgan fingerprint density at radius 1 is 1.58 bits per heavy atom. The number of pyridine rings is 1. The molecule has 1 aromatic heterocycles. The molecule has 1 rings (SSSR count). The van der Waals surface area contributed by atoms with Crippen molar-refractivity contribution in [2.24, 2.45) is 0 Å². The summed E-state index contributed by atoms with van der Waals surface area (Å²) in [6.45, 7) is 1.91. The SMILES string of the molecule is CSNC(=O)c1cncc(C)c1. The van der Waals surface area contributed by atoms with E-state index in [1.54, 1.807) is 24.7 Å². The molecular formula is C8H10N2OS. The van der Waals surface area contributed by atoms with E-state index in [0.29, 0.717) is 5.56 Å². The highest BCUT2D eigenvalue weighted by Crippen LogP contribution is 2.01. The average Bonchev–Trinajstić information content (AvgIpc) is 2.05. The first-order valence-corrected chi connectivity index (χ1v) is 4.71. The molecule has 1 N–H and O–H groups in total. The van der Waals surface area contributed by atoms with Crippen LogP contribution >= 0.6 is 11.9 Å². The molecule has 4 heteroatoms. The Balaban J connectivity index is 2.81. The van der Waals surface area contributed by atoms with E-state index in [2.05, 4.69) is 9.71 Å². The van der Waals surface area contributed by atoms with E-state index in [-0.39, 0.29) is 5.91 Å². The summed E-state index contributed by atoms with van der Waals surface area (Å²) in [6.07, 6.45) is 5.08. The Labute approximate surface area is 75.7 Å². The van der Waals surface area contributed by atoms with Crippen LogP contribution in [0.25, 0.3) is 0 Å². The van der Waals surface area contributed by atoms with Gasteiger partial charge >= 0.3 is 0 Å². The number of amides is 1. The van der Waals surface area contributed by atoms with E-state index in [1.165, 1.54) is 11.9 Å². The van der Waals surface area contributed by atoms with Crippen molar-refractivity contribution in [1.29, 1.82) is 0 Å². The Morgan fingerprint density at radius 2 is 2.33 bits per heavy atom. The van der Waals surface area contributed by atoms with Gasteiger partial charge in [0.2, 0.25) is 0 Å². The minimum Gasteiger partial charge on any atom is -0.296 e. The minimum atomic E-state index is -0.0984. The van der Waals surface area contributed by atoms with Crippen LogP contribution in [0.1, 0.15) is 15.9 Å². The molecule has 0 aliphatic carbocycles. The van der Waals surface area contributed by atoms with E-state index in [0.717, 1.165) is 5.56 Å². The highest BCUT2D eigenvalue weighted by atomic mass is 32.2. The summed E-state index contributed by atoms with van der Waals surface area (Å²) in [7, 11) is 0. The number of hydrogen-bond donors (Lipinski definition) is 1. The molecule has 0 atom stereocenters. The maximum absolute atomic E-state index is 11.2. The van der Waals surface area contributed by atoms with Gasteiger partial charge in [-0.2, -0.15) is 0 Å². The van der Waals surface area contributed by atoms with Crippen molar-refractivity contribution in [3.8, 4) is 0 Å². The third kappa shape index (κ3) is 2.23. The molecule has 12 heavy (non-hydrogen) atoms. The van der Waals surface area contributed by atoms with Gasteiger partial charge < -0.3 is 0 Å². The van der Waals surface area contributed by atoms with Gasteiger partial charge in [-0.05, 0) is 18.6 Å². The molecule has 1 aromatic rings. The first kappa shape index (κ1) is 9.06. The van der Waals surface area contributed by atoms with Crippen molar-refractivity contribution in [2.45, 2.75) is 6.92 Å². The molecular weight excluding hydrogens is 172 g/mol. The monoisotopic (exact) mass is 182 g/mol. The van der Waals surface area contributed by atoms with Crippen molar-refractivity contribution in [2.75, 3.05) is 6.26 Å². The van der Waals surface area contributed by atoms with Gasteiger partial charge in [-0.1, -0.05) is 11.9 Å². The normalized spacial score (nSPS) is 9.50. The van der Waals surface area contributed by atoms with Crippen molar-refractivity contribution < 1.29 is 4.79 Å². The van der Waals surface area contributed by atoms with Crippen LogP contribution in [0.3, 0.4) is 0 Å². The molecule has 1 amide bonds. The van der Waals surface area contributed by atoms with Gasteiger partial charge in [0, 0.05) is 18.6 Å². The van der Waals surface area contributed by atoms with Gasteiger partial charge in [-0.25, -0.2) is 0 Å². The summed E-state index contributed by atoms with van der Waals surface area (Å²) in [5, 5.41) is 0. The smallest absolute Gasteiger partial charge is 0.262 e. The Bertz CT molecular complexity index is 288. The fourth-order valence-corrected chi connectivity index (χ4v) is 1.13. The molecule has 3 nitrogen and oxygen atoms in total. The molecule has 0 aliphatic rings. The Morgan fingerprint density at radius 3 is 2.92 bits per heavy atom. The van der Waals surface area contributed by atoms with Crippen LogP contribution in [-0.4, -0.2) is 17.1 Å². The number of rotatable bonds is 2. The second-order valence-corrected chi connectivity index (χ2v) is 3.00. The summed E-state index contributed by atoms with van der Waals surface area (Å²) in [5.74, 6) is -0.0984. The van der Waals surface area contributed by atoms with Crippen molar-refractivity contribution in [3.05, 3.63) is 29.6 Å². The molecule has 1 heterocycles. The number of nitrogens with one attached hydrogen (secondary N) is 1. The number of carbonyl (C=O) groups excluding carboxylic acids is 1. The van der Waals surface area contributed by atoms with Crippen molar-refractivity contribution >= 4 is 17.9 Å². The number of nitrogens with zero attached hydrogens (tertiary/aromatic N) is 1. The first-order valence-electron chi connectivity index (χ1n) is 3.49. The number of hydrogen-bond acceptors (Lipinski definition) is 3. The van der Waals surface area contributed by atoms with Gasteiger partial charge in [-0.3, -0.25) is 14.5 Å². The summed E-state index contributed by atoms with van der Waals surface area (Å²) >= 11 is 1.28. The Hall–Kier alpha value is -1.03. The largest absolute Gasteiger partial charge is 0.296 e. The van der Waals surface area contributed by atoms with E-state index in [9.17, 15) is 4.79 Å². The summed E-state index contributed by atoms with van der Waals surface area (Å²) < 4.78 is 2.63. The fourth-order valence-electron chi connectivity index (χ4n) is 0.831. The van der Waals surface area contributed by atoms with Crippen LogP contribution in [0.4, 0.5) is 0 Å². The van der Waals surface area contributed by atoms with Crippen molar-refractivity contribution in [1.82, 2.24) is 9.71 Å². The molecule has 0 unspecified atom stereocenters. The van der Waals surface area contributed by atoms with Gasteiger partial charge in [0.15, 0.2) is 0 Å². The zero-order chi connectivity index (χ0) is 8.97. The molecule has 0 saturated carbocycles. The molecule has 0 saturated heterocycles. The van der Waals surface area contributed by atoms with E-state index >= 15 is 0 Å². The van der Waals surface area contributed by atoms with Crippen LogP contribution in [0.5, 0.6) is 0 Å². The zero-order valence-electron chi connectivity index (χ0n) is 7.00. The lowest BCUT2D eigenvalue weighted by Crippen LogP contribution is -2.15. The number of aromatic nitrogens is 1. The van der Waals surface area contributed by atoms with Gasteiger partial charge in [0.25, 0.3) is 5.91 Å². The lowest BCUT2D eigenvalue weighted by atomic mass is 10.2. The lowest BCUT2D eigenvalue weighted by molar-refractivity contribution is 0.0984. The van der Waals surface area contributed by atoms with Crippen LogP contribution in [0.15, 0.2) is 18.5 Å². The quantitative estimate of drug-likeness (QED) is 0.703. The average molecular weight is 182 g/mol. The highest BCUT2D eigenvalue weighted by Gasteiger charge is 2.03. The number of carbonyl (C=O) groups is 1.